The molecular weight excluding hydrogens is 470 g/mol. The number of fused-ring (bicyclic) bond motifs is 1. The molecule has 0 unspecified atom stereocenters. The second-order valence-corrected chi connectivity index (χ2v) is 9.82. The molecule has 8 heteroatoms. The first-order valence-corrected chi connectivity index (χ1v) is 12.8. The lowest BCUT2D eigenvalue weighted by Crippen LogP contribution is -2.33. The van der Waals surface area contributed by atoms with Gasteiger partial charge in [-0.05, 0) is 87.3 Å². The van der Waals surface area contributed by atoms with E-state index in [1.807, 2.05) is 56.6 Å². The molecule has 1 aliphatic carbocycles. The zero-order valence-corrected chi connectivity index (χ0v) is 21.8. The summed E-state index contributed by atoms with van der Waals surface area (Å²) < 4.78 is 11.2. The van der Waals surface area contributed by atoms with E-state index in [2.05, 4.69) is 10.2 Å². The van der Waals surface area contributed by atoms with Crippen LogP contribution in [-0.2, 0) is 16.0 Å². The van der Waals surface area contributed by atoms with E-state index in [0.29, 0.717) is 30.8 Å². The second kappa shape index (κ2) is 12.1. The Labute approximate surface area is 218 Å². The number of allylic oxidation sites excluding steroid dienone is 1. The van der Waals surface area contributed by atoms with Crippen molar-refractivity contribution in [2.75, 3.05) is 45.2 Å². The molecule has 1 heterocycles. The molecule has 0 aromatic heterocycles. The zero-order valence-electron chi connectivity index (χ0n) is 21.8. The van der Waals surface area contributed by atoms with Crippen LogP contribution in [0.4, 0.5) is 10.5 Å². The molecule has 1 N–H and O–H groups in total. The summed E-state index contributed by atoms with van der Waals surface area (Å²) in [5.41, 5.74) is 4.06. The van der Waals surface area contributed by atoms with E-state index in [1.54, 1.807) is 11.0 Å². The van der Waals surface area contributed by atoms with Gasteiger partial charge in [-0.1, -0.05) is 12.1 Å². The number of cyclic esters (lactones) is 1. The number of ketones is 1. The highest BCUT2D eigenvalue weighted by Crippen LogP contribution is 2.31. The lowest BCUT2D eigenvalue weighted by Gasteiger charge is -2.16. The lowest BCUT2D eigenvalue weighted by molar-refractivity contribution is -0.119. The monoisotopic (exact) mass is 505 g/mol. The Morgan fingerprint density at radius 2 is 1.95 bits per heavy atom. The molecule has 0 spiro atoms. The van der Waals surface area contributed by atoms with Crippen molar-refractivity contribution >= 4 is 29.5 Å². The number of Topliss-reactive ketones (excluding diaryl/α,β-unsaturated/α-hetero) is 1. The van der Waals surface area contributed by atoms with Crippen LogP contribution in [0.5, 0.6) is 5.75 Å². The number of rotatable bonds is 9. The molecule has 196 valence electrons. The van der Waals surface area contributed by atoms with Gasteiger partial charge >= 0.3 is 6.09 Å². The summed E-state index contributed by atoms with van der Waals surface area (Å²) >= 11 is 0. The van der Waals surface area contributed by atoms with Gasteiger partial charge < -0.3 is 19.7 Å². The minimum absolute atomic E-state index is 0.0237. The van der Waals surface area contributed by atoms with Gasteiger partial charge in [-0.15, -0.1) is 0 Å². The van der Waals surface area contributed by atoms with Crippen molar-refractivity contribution in [3.8, 4) is 5.75 Å². The SMILES string of the molecule is CC(=O)NC[C@H]1CN(c2ccc3c(c2)CCCC(=Cc2ccc(OCCCN(C)C)cc2)C3=O)C(=O)O1. The number of amides is 2. The van der Waals surface area contributed by atoms with Crippen LogP contribution < -0.4 is 15.0 Å². The number of nitrogens with one attached hydrogen (secondary N) is 1. The molecule has 0 radical (unpaired) electrons. The largest absolute Gasteiger partial charge is 0.494 e. The topological polar surface area (TPSA) is 88.2 Å². The van der Waals surface area contributed by atoms with Gasteiger partial charge in [0.05, 0.1) is 19.7 Å². The summed E-state index contributed by atoms with van der Waals surface area (Å²) in [6.07, 6.45) is 4.37. The summed E-state index contributed by atoms with van der Waals surface area (Å²) in [6.45, 7) is 3.71. The number of anilines is 1. The van der Waals surface area contributed by atoms with Crippen LogP contribution in [0.1, 0.15) is 47.7 Å². The Morgan fingerprint density at radius 1 is 1.16 bits per heavy atom. The molecule has 37 heavy (non-hydrogen) atoms. The lowest BCUT2D eigenvalue weighted by atomic mass is 9.97. The van der Waals surface area contributed by atoms with Crippen molar-refractivity contribution in [2.45, 2.75) is 38.7 Å². The van der Waals surface area contributed by atoms with Crippen molar-refractivity contribution in [3.63, 3.8) is 0 Å². The maximum atomic E-state index is 13.4. The quantitative estimate of drug-likeness (QED) is 0.314. The van der Waals surface area contributed by atoms with E-state index < -0.39 is 12.2 Å². The van der Waals surface area contributed by atoms with Crippen LogP contribution >= 0.6 is 0 Å². The number of nitrogens with zero attached hydrogens (tertiary/aromatic N) is 2. The van der Waals surface area contributed by atoms with E-state index in [0.717, 1.165) is 48.3 Å². The van der Waals surface area contributed by atoms with Gasteiger partial charge in [-0.25, -0.2) is 4.79 Å². The van der Waals surface area contributed by atoms with E-state index in [1.165, 1.54) is 6.92 Å². The number of hydrogen-bond acceptors (Lipinski definition) is 6. The van der Waals surface area contributed by atoms with Crippen LogP contribution in [0, 0.1) is 0 Å². The fourth-order valence-electron chi connectivity index (χ4n) is 4.60. The molecule has 4 rings (SSSR count). The first-order chi connectivity index (χ1) is 17.8. The maximum absolute atomic E-state index is 13.4. The Balaban J connectivity index is 1.43. The van der Waals surface area contributed by atoms with Gasteiger partial charge in [0, 0.05) is 30.3 Å². The average Bonchev–Trinajstić information content (AvgIpc) is 3.18. The number of benzene rings is 2. The number of aryl methyl sites for hydroxylation is 1. The van der Waals surface area contributed by atoms with Gasteiger partial charge in [0.25, 0.3) is 0 Å². The molecular formula is C29H35N3O5. The summed E-state index contributed by atoms with van der Waals surface area (Å²) in [5, 5.41) is 2.68. The number of hydrogen-bond donors (Lipinski definition) is 1. The van der Waals surface area contributed by atoms with Crippen LogP contribution in [-0.4, -0.2) is 69.1 Å². The van der Waals surface area contributed by atoms with Crippen LogP contribution in [0.25, 0.3) is 6.08 Å². The Bertz CT molecular complexity index is 1170. The predicted octanol–water partition coefficient (Wildman–Crippen LogP) is 4.08. The highest BCUT2D eigenvalue weighted by molar-refractivity contribution is 6.12. The van der Waals surface area contributed by atoms with Crippen molar-refractivity contribution in [1.82, 2.24) is 10.2 Å². The summed E-state index contributed by atoms with van der Waals surface area (Å²) in [6, 6.07) is 13.4. The van der Waals surface area contributed by atoms with Gasteiger partial charge in [0.2, 0.25) is 5.91 Å². The number of ether oxygens (including phenoxy) is 2. The van der Waals surface area contributed by atoms with Gasteiger partial charge in [0.1, 0.15) is 11.9 Å². The first kappa shape index (κ1) is 26.4. The van der Waals surface area contributed by atoms with E-state index in [9.17, 15) is 14.4 Å². The fraction of sp³-hybridized carbons (Fsp3) is 0.414. The maximum Gasteiger partial charge on any atom is 0.414 e. The molecule has 1 atom stereocenters. The van der Waals surface area contributed by atoms with Gasteiger partial charge in [-0.2, -0.15) is 0 Å². The van der Waals surface area contributed by atoms with Crippen LogP contribution in [0.2, 0.25) is 0 Å². The zero-order chi connectivity index (χ0) is 26.4. The third-order valence-corrected chi connectivity index (χ3v) is 6.52. The summed E-state index contributed by atoms with van der Waals surface area (Å²) in [7, 11) is 4.09. The van der Waals surface area contributed by atoms with Crippen molar-refractivity contribution in [3.05, 3.63) is 64.7 Å². The van der Waals surface area contributed by atoms with Gasteiger partial charge in [0.15, 0.2) is 5.78 Å². The highest BCUT2D eigenvalue weighted by Gasteiger charge is 2.33. The van der Waals surface area contributed by atoms with E-state index >= 15 is 0 Å². The summed E-state index contributed by atoms with van der Waals surface area (Å²) in [5.74, 6) is 0.683. The molecule has 0 saturated carbocycles. The molecule has 0 bridgehead atoms. The minimum atomic E-state index is -0.444. The Hall–Kier alpha value is -3.65. The molecule has 2 amide bonds. The molecule has 8 nitrogen and oxygen atoms in total. The van der Waals surface area contributed by atoms with Crippen molar-refractivity contribution in [2.24, 2.45) is 0 Å². The second-order valence-electron chi connectivity index (χ2n) is 9.82. The third kappa shape index (κ3) is 6.98. The smallest absolute Gasteiger partial charge is 0.414 e. The van der Waals surface area contributed by atoms with Crippen molar-refractivity contribution in [1.29, 1.82) is 0 Å². The Kier molecular flexibility index (Phi) is 8.61. The molecule has 2 aromatic carbocycles. The van der Waals surface area contributed by atoms with E-state index in [4.69, 9.17) is 9.47 Å². The average molecular weight is 506 g/mol. The standard InChI is InChI=1S/C29H35N3O5/c1-20(33)30-18-26-19-32(29(35)37-26)24-10-13-27-22(17-24)6-4-7-23(28(27)34)16-21-8-11-25(12-9-21)36-15-5-14-31(2)3/h8-13,16-17,26H,4-7,14-15,18-19H2,1-3H3,(H,30,33)/t26-/m0/s1. The summed E-state index contributed by atoms with van der Waals surface area (Å²) in [4.78, 5) is 40.7. The number of carbonyl (C=O) groups excluding carboxylic acids is 3. The molecule has 1 aliphatic heterocycles. The molecule has 1 fully saturated rings. The Morgan fingerprint density at radius 3 is 2.68 bits per heavy atom. The van der Waals surface area contributed by atoms with Crippen LogP contribution in [0.15, 0.2) is 48.0 Å². The predicted molar refractivity (Wildman–Crippen MR) is 143 cm³/mol. The van der Waals surface area contributed by atoms with Crippen molar-refractivity contribution < 1.29 is 23.9 Å². The van der Waals surface area contributed by atoms with Gasteiger partial charge in [-0.3, -0.25) is 14.5 Å². The number of carbonyl (C=O) groups is 3. The first-order valence-electron chi connectivity index (χ1n) is 12.8. The van der Waals surface area contributed by atoms with Crippen LogP contribution in [0.3, 0.4) is 0 Å². The van der Waals surface area contributed by atoms with E-state index in [-0.39, 0.29) is 18.2 Å². The normalized spacial score (nSPS) is 18.5. The minimum Gasteiger partial charge on any atom is -0.494 e. The third-order valence-electron chi connectivity index (χ3n) is 6.52. The molecule has 2 aromatic rings. The molecule has 1 saturated heterocycles. The highest BCUT2D eigenvalue weighted by atomic mass is 16.6. The fourth-order valence-corrected chi connectivity index (χ4v) is 4.60. The molecule has 2 aliphatic rings.